The van der Waals surface area contributed by atoms with Gasteiger partial charge in [0.05, 0.1) is 27.3 Å². The van der Waals surface area contributed by atoms with Crippen LogP contribution in [0.5, 0.6) is 0 Å². The van der Waals surface area contributed by atoms with Crippen molar-refractivity contribution in [3.05, 3.63) is 62.7 Å². The quantitative estimate of drug-likeness (QED) is 0.401. The zero-order chi connectivity index (χ0) is 19.8. The molecule has 0 unspecified atom stereocenters. The van der Waals surface area contributed by atoms with Gasteiger partial charge < -0.3 is 9.09 Å². The summed E-state index contributed by atoms with van der Waals surface area (Å²) in [7, 11) is 3.56. The Balaban J connectivity index is 2.13. The number of aromatic nitrogens is 3. The minimum Gasteiger partial charge on any atom is -0.372 e. The van der Waals surface area contributed by atoms with Crippen molar-refractivity contribution in [1.29, 1.82) is 0 Å². The Hall–Kier alpha value is -3.80. The van der Waals surface area contributed by atoms with Crippen molar-refractivity contribution in [1.82, 2.24) is 13.7 Å². The SMILES string of the molecule is Cc1ccc2c3c4c(=O)n(C)c(=O)c4c4c5ccccc5n5oc1c2n(C)c3c45. The minimum atomic E-state index is -0.260. The maximum absolute atomic E-state index is 13.2. The predicted octanol–water partition coefficient (Wildman–Crippen LogP) is 3.88. The number of fused-ring (bicyclic) bond motifs is 7. The van der Waals surface area contributed by atoms with Crippen LogP contribution in [-0.4, -0.2) is 13.7 Å². The van der Waals surface area contributed by atoms with E-state index >= 15 is 0 Å². The number of nitrogens with zero attached hydrogens (tertiary/aromatic N) is 3. The molecule has 6 nitrogen and oxygen atoms in total. The van der Waals surface area contributed by atoms with Gasteiger partial charge in [-0.3, -0.25) is 14.2 Å². The molecule has 0 saturated heterocycles. The Morgan fingerprint density at radius 1 is 0.724 bits per heavy atom. The summed E-state index contributed by atoms with van der Waals surface area (Å²) in [6.45, 7) is 2.02. The van der Waals surface area contributed by atoms with Crippen LogP contribution in [0.3, 0.4) is 0 Å². The van der Waals surface area contributed by atoms with Gasteiger partial charge in [0.15, 0.2) is 5.58 Å². The molecule has 2 bridgehead atoms. The standard InChI is InChI=1S/C23H15N3O3/c1-10-8-9-12-15-17-16(22(27)25(3)23(17)28)14-11-6-4-5-7-13(11)26-20(14)19(15)24(2)18(12)21(10)29-26/h4-9H,1-3H3. The number of hydrogen-bond acceptors (Lipinski definition) is 3. The maximum atomic E-state index is 13.2. The Labute approximate surface area is 162 Å². The first kappa shape index (κ1) is 15.2. The fourth-order valence-corrected chi connectivity index (χ4v) is 5.23. The van der Waals surface area contributed by atoms with Gasteiger partial charge in [0, 0.05) is 35.6 Å². The molecular formula is C23H15N3O3. The molecule has 140 valence electrons. The predicted molar refractivity (Wildman–Crippen MR) is 115 cm³/mol. The number of hydrogen-bond donors (Lipinski definition) is 0. The van der Waals surface area contributed by atoms with E-state index in [1.807, 2.05) is 54.9 Å². The molecule has 0 fully saturated rings. The minimum absolute atomic E-state index is 0.246. The van der Waals surface area contributed by atoms with E-state index in [1.165, 1.54) is 4.57 Å². The van der Waals surface area contributed by atoms with Crippen LogP contribution in [0.2, 0.25) is 0 Å². The number of benzene rings is 3. The molecule has 3 aromatic carbocycles. The third-order valence-electron chi connectivity index (χ3n) is 6.53. The topological polar surface area (TPSA) is 61.6 Å². The van der Waals surface area contributed by atoms with E-state index in [9.17, 15) is 9.59 Å². The first-order valence-corrected chi connectivity index (χ1v) is 9.52. The monoisotopic (exact) mass is 381 g/mol. The summed E-state index contributed by atoms with van der Waals surface area (Å²) in [5.74, 6) is 0. The van der Waals surface area contributed by atoms with Gasteiger partial charge in [-0.05, 0) is 18.6 Å². The molecule has 6 heteroatoms. The lowest BCUT2D eigenvalue weighted by atomic mass is 10.0. The molecule has 4 heterocycles. The van der Waals surface area contributed by atoms with Crippen molar-refractivity contribution < 1.29 is 4.52 Å². The zero-order valence-corrected chi connectivity index (χ0v) is 16.0. The summed E-state index contributed by atoms with van der Waals surface area (Å²) < 4.78 is 11.6. The van der Waals surface area contributed by atoms with Gasteiger partial charge in [-0.1, -0.05) is 30.3 Å². The highest BCUT2D eigenvalue weighted by molar-refractivity contribution is 6.36. The van der Waals surface area contributed by atoms with Crippen LogP contribution in [0.25, 0.3) is 60.0 Å². The van der Waals surface area contributed by atoms with Gasteiger partial charge in [-0.25, -0.2) is 0 Å². The second-order valence-corrected chi connectivity index (χ2v) is 7.94. The Kier molecular flexibility index (Phi) is 2.32. The Morgan fingerprint density at radius 3 is 2.17 bits per heavy atom. The van der Waals surface area contributed by atoms with E-state index in [-0.39, 0.29) is 11.1 Å². The number of para-hydroxylation sites is 1. The molecule has 0 aliphatic heterocycles. The second-order valence-electron chi connectivity index (χ2n) is 7.94. The Morgan fingerprint density at radius 2 is 1.41 bits per heavy atom. The van der Waals surface area contributed by atoms with Crippen molar-refractivity contribution >= 4 is 60.0 Å². The highest BCUT2D eigenvalue weighted by atomic mass is 16.5. The lowest BCUT2D eigenvalue weighted by Crippen LogP contribution is -2.21. The van der Waals surface area contributed by atoms with Crippen LogP contribution in [-0.2, 0) is 14.1 Å². The van der Waals surface area contributed by atoms with Crippen LogP contribution < -0.4 is 11.1 Å². The molecular weight excluding hydrogens is 366 g/mol. The van der Waals surface area contributed by atoms with Crippen LogP contribution in [0.15, 0.2) is 50.5 Å². The molecule has 0 spiro atoms. The van der Waals surface area contributed by atoms with Gasteiger partial charge in [0.25, 0.3) is 11.1 Å². The summed E-state index contributed by atoms with van der Waals surface area (Å²) in [5, 5.41) is 4.45. The normalized spacial score (nSPS) is 12.9. The van der Waals surface area contributed by atoms with Gasteiger partial charge in [-0.15, -0.1) is 0 Å². The molecule has 0 saturated carbocycles. The highest BCUT2D eigenvalue weighted by Gasteiger charge is 2.29. The lowest BCUT2D eigenvalue weighted by Gasteiger charge is -2.03. The second kappa shape index (κ2) is 4.43. The van der Waals surface area contributed by atoms with Crippen LogP contribution >= 0.6 is 0 Å². The molecule has 7 aromatic rings. The molecule has 0 radical (unpaired) electrons. The van der Waals surface area contributed by atoms with E-state index in [0.29, 0.717) is 10.8 Å². The van der Waals surface area contributed by atoms with Crippen molar-refractivity contribution in [3.63, 3.8) is 0 Å². The molecule has 0 N–H and O–H groups in total. The number of rotatable bonds is 0. The summed E-state index contributed by atoms with van der Waals surface area (Å²) in [6, 6.07) is 11.9. The molecule has 0 amide bonds. The van der Waals surface area contributed by atoms with Gasteiger partial charge in [-0.2, -0.15) is 4.57 Å². The van der Waals surface area contributed by atoms with Crippen LogP contribution in [0, 0.1) is 6.92 Å². The molecule has 0 aliphatic rings. The van der Waals surface area contributed by atoms with Crippen molar-refractivity contribution in [2.45, 2.75) is 6.92 Å². The maximum Gasteiger partial charge on any atom is 0.262 e. The van der Waals surface area contributed by atoms with E-state index in [4.69, 9.17) is 4.52 Å². The molecule has 29 heavy (non-hydrogen) atoms. The van der Waals surface area contributed by atoms with Crippen molar-refractivity contribution in [2.75, 3.05) is 0 Å². The van der Waals surface area contributed by atoms with Crippen molar-refractivity contribution in [2.24, 2.45) is 14.1 Å². The smallest absolute Gasteiger partial charge is 0.262 e. The van der Waals surface area contributed by atoms with Crippen LogP contribution in [0.1, 0.15) is 5.56 Å². The molecule has 0 aliphatic carbocycles. The summed E-state index contributed by atoms with van der Waals surface area (Å²) in [4.78, 5) is 26.4. The fourth-order valence-electron chi connectivity index (χ4n) is 5.23. The highest BCUT2D eigenvalue weighted by Crippen LogP contribution is 2.44. The molecule has 4 aromatic heterocycles. The summed E-state index contributed by atoms with van der Waals surface area (Å²) in [6.07, 6.45) is 0. The first-order chi connectivity index (χ1) is 14.0. The molecule has 7 rings (SSSR count). The van der Waals surface area contributed by atoms with E-state index in [1.54, 1.807) is 7.05 Å². The van der Waals surface area contributed by atoms with Gasteiger partial charge >= 0.3 is 0 Å². The zero-order valence-electron chi connectivity index (χ0n) is 16.0. The third kappa shape index (κ3) is 1.40. The average molecular weight is 381 g/mol. The third-order valence-corrected chi connectivity index (χ3v) is 6.53. The lowest BCUT2D eigenvalue weighted by molar-refractivity contribution is 0.416. The first-order valence-electron chi connectivity index (χ1n) is 9.52. The van der Waals surface area contributed by atoms with Gasteiger partial charge in [0.2, 0.25) is 0 Å². The number of aryl methyl sites for hydroxylation is 2. The van der Waals surface area contributed by atoms with Gasteiger partial charge in [0.1, 0.15) is 5.52 Å². The van der Waals surface area contributed by atoms with E-state index in [0.717, 1.165) is 54.8 Å². The van der Waals surface area contributed by atoms with E-state index < -0.39 is 0 Å². The van der Waals surface area contributed by atoms with Crippen molar-refractivity contribution in [3.8, 4) is 0 Å². The average Bonchev–Trinajstić information content (AvgIpc) is 3.23. The van der Waals surface area contributed by atoms with E-state index in [2.05, 4.69) is 4.57 Å². The summed E-state index contributed by atoms with van der Waals surface area (Å²) in [5.41, 5.74) is 4.87. The van der Waals surface area contributed by atoms with Crippen LogP contribution in [0.4, 0.5) is 0 Å². The largest absolute Gasteiger partial charge is 0.372 e. The summed E-state index contributed by atoms with van der Waals surface area (Å²) >= 11 is 0. The fraction of sp³-hybridized carbons (Fsp3) is 0.130. The molecule has 0 atom stereocenters. The Bertz CT molecular complexity index is 1930.